The van der Waals surface area contributed by atoms with Crippen LogP contribution in [0.2, 0.25) is 5.02 Å². The van der Waals surface area contributed by atoms with E-state index in [1.54, 1.807) is 43.3 Å². The molecule has 0 aliphatic carbocycles. The average molecular weight is 604 g/mol. The number of hydrogen-bond acceptors (Lipinski definition) is 5. The predicted octanol–water partition coefficient (Wildman–Crippen LogP) is 8.29. The van der Waals surface area contributed by atoms with Gasteiger partial charge in [0.25, 0.3) is 10.0 Å². The average Bonchev–Trinajstić information content (AvgIpc) is 2.95. The first kappa shape index (κ1) is 33.1. The van der Waals surface area contributed by atoms with E-state index in [1.165, 1.54) is 55.7 Å². The van der Waals surface area contributed by atoms with Crippen molar-refractivity contribution < 1.29 is 17.9 Å². The van der Waals surface area contributed by atoms with Gasteiger partial charge in [-0.2, -0.15) is 0 Å². The fraction of sp³-hybridized carbons (Fsp3) is 0.562. The lowest BCUT2D eigenvalue weighted by atomic mass is 10.1. The number of hydrogen-bond donors (Lipinski definition) is 1. The first-order valence-corrected chi connectivity index (χ1v) is 16.9. The van der Waals surface area contributed by atoms with Crippen LogP contribution in [0.3, 0.4) is 0 Å². The third kappa shape index (κ3) is 9.83. The standard InChI is InChI=1S/C32H46ClN3O4S/c1-4-5-6-7-8-9-10-11-12-15-22-40-23-16-21-36-31(34-28-17-13-14-18-30(28)41(36,38)39)26(3)32(37)35-29-24-27(33)20-19-25(29)2/h13-14,17-20,24,26H,4-12,15-16,21-23H2,1-3H3,(H,35,37). The van der Waals surface area contributed by atoms with Crippen molar-refractivity contribution in [3.63, 3.8) is 0 Å². The van der Waals surface area contributed by atoms with Crippen LogP contribution in [-0.2, 0) is 19.6 Å². The Morgan fingerprint density at radius 2 is 1.59 bits per heavy atom. The minimum Gasteiger partial charge on any atom is -0.381 e. The minimum absolute atomic E-state index is 0.147. The Bertz CT molecular complexity index is 1270. The summed E-state index contributed by atoms with van der Waals surface area (Å²) >= 11 is 6.12. The number of rotatable bonds is 18. The van der Waals surface area contributed by atoms with Crippen LogP contribution in [0.25, 0.3) is 0 Å². The lowest BCUT2D eigenvalue weighted by Crippen LogP contribution is -2.46. The first-order valence-electron chi connectivity index (χ1n) is 15.1. The highest BCUT2D eigenvalue weighted by atomic mass is 35.5. The van der Waals surface area contributed by atoms with Gasteiger partial charge in [-0.15, -0.1) is 0 Å². The number of nitrogens with zero attached hydrogens (tertiary/aromatic N) is 2. The van der Waals surface area contributed by atoms with Crippen molar-refractivity contribution in [2.75, 3.05) is 25.1 Å². The van der Waals surface area contributed by atoms with E-state index in [4.69, 9.17) is 16.3 Å². The van der Waals surface area contributed by atoms with Crippen LogP contribution in [0, 0.1) is 12.8 Å². The molecule has 0 fully saturated rings. The maximum atomic E-state index is 13.6. The number of fused-ring (bicyclic) bond motifs is 1. The van der Waals surface area contributed by atoms with Crippen molar-refractivity contribution in [1.29, 1.82) is 0 Å². The van der Waals surface area contributed by atoms with Crippen LogP contribution in [0.15, 0.2) is 52.4 Å². The molecule has 2 aromatic carbocycles. The highest BCUT2D eigenvalue weighted by molar-refractivity contribution is 7.90. The summed E-state index contributed by atoms with van der Waals surface area (Å²) in [5.74, 6) is -0.967. The van der Waals surface area contributed by atoms with Gasteiger partial charge in [-0.05, 0) is 56.5 Å². The van der Waals surface area contributed by atoms with Crippen molar-refractivity contribution in [3.8, 4) is 0 Å². The summed E-state index contributed by atoms with van der Waals surface area (Å²) in [5, 5.41) is 3.39. The summed E-state index contributed by atoms with van der Waals surface area (Å²) in [6.45, 7) is 7.09. The fourth-order valence-electron chi connectivity index (χ4n) is 4.93. The Balaban J connectivity index is 1.52. The Morgan fingerprint density at radius 1 is 0.951 bits per heavy atom. The molecule has 1 atom stereocenters. The molecule has 0 bridgehead atoms. The van der Waals surface area contributed by atoms with Gasteiger partial charge in [0.05, 0.1) is 11.6 Å². The molecule has 7 nitrogen and oxygen atoms in total. The van der Waals surface area contributed by atoms with Crippen molar-refractivity contribution in [1.82, 2.24) is 4.31 Å². The van der Waals surface area contributed by atoms with Gasteiger partial charge < -0.3 is 10.1 Å². The zero-order valence-corrected chi connectivity index (χ0v) is 26.4. The van der Waals surface area contributed by atoms with Gasteiger partial charge in [0.2, 0.25) is 5.91 Å². The number of aliphatic imine (C=N–C) groups is 1. The maximum Gasteiger partial charge on any atom is 0.267 e. The molecule has 2 aromatic rings. The number of carbonyl (C=O) groups excluding carboxylic acids is 1. The second-order valence-electron chi connectivity index (χ2n) is 10.8. The van der Waals surface area contributed by atoms with Gasteiger partial charge in [-0.3, -0.25) is 9.10 Å². The molecular weight excluding hydrogens is 558 g/mol. The molecule has 0 aromatic heterocycles. The van der Waals surface area contributed by atoms with E-state index >= 15 is 0 Å². The van der Waals surface area contributed by atoms with Gasteiger partial charge >= 0.3 is 0 Å². The van der Waals surface area contributed by atoms with Crippen LogP contribution in [-0.4, -0.2) is 44.2 Å². The number of benzene rings is 2. The van der Waals surface area contributed by atoms with E-state index < -0.39 is 15.9 Å². The molecule has 1 unspecified atom stereocenters. The number of amides is 1. The number of para-hydroxylation sites is 1. The number of carbonyl (C=O) groups is 1. The normalized spacial score (nSPS) is 14.8. The Labute approximate surface area is 251 Å². The SMILES string of the molecule is CCCCCCCCCCCCOCCCN1C(C(C)C(=O)Nc2cc(Cl)ccc2C)=Nc2ccccc2S1(=O)=O. The van der Waals surface area contributed by atoms with Gasteiger partial charge in [0.1, 0.15) is 10.7 Å². The number of amidine groups is 1. The summed E-state index contributed by atoms with van der Waals surface area (Å²) in [7, 11) is -3.87. The number of sulfonamides is 1. The molecule has 1 aliphatic rings. The van der Waals surface area contributed by atoms with Crippen LogP contribution < -0.4 is 5.32 Å². The summed E-state index contributed by atoms with van der Waals surface area (Å²) in [6, 6.07) is 11.9. The second kappa shape index (κ2) is 16.9. The van der Waals surface area contributed by atoms with Crippen molar-refractivity contribution in [2.45, 2.75) is 96.3 Å². The number of aryl methyl sites for hydroxylation is 1. The van der Waals surface area contributed by atoms with Gasteiger partial charge in [0, 0.05) is 30.5 Å². The third-order valence-electron chi connectivity index (χ3n) is 7.45. The first-order chi connectivity index (χ1) is 19.8. The summed E-state index contributed by atoms with van der Waals surface area (Å²) in [4.78, 5) is 18.1. The Hall–Kier alpha value is -2.42. The van der Waals surface area contributed by atoms with Crippen LogP contribution in [0.5, 0.6) is 0 Å². The van der Waals surface area contributed by atoms with Crippen molar-refractivity contribution in [3.05, 3.63) is 53.1 Å². The van der Waals surface area contributed by atoms with E-state index in [-0.39, 0.29) is 23.2 Å². The van der Waals surface area contributed by atoms with Gasteiger partial charge in [0.15, 0.2) is 0 Å². The number of halogens is 1. The van der Waals surface area contributed by atoms with Crippen LogP contribution in [0.1, 0.15) is 90.0 Å². The zero-order chi connectivity index (χ0) is 29.7. The van der Waals surface area contributed by atoms with E-state index in [9.17, 15) is 13.2 Å². The second-order valence-corrected chi connectivity index (χ2v) is 13.1. The molecule has 41 heavy (non-hydrogen) atoms. The smallest absolute Gasteiger partial charge is 0.267 e. The summed E-state index contributed by atoms with van der Waals surface area (Å²) in [6.07, 6.45) is 13.2. The van der Waals surface area contributed by atoms with E-state index in [2.05, 4.69) is 17.2 Å². The van der Waals surface area contributed by atoms with Gasteiger partial charge in [-0.1, -0.05) is 94.5 Å². The molecule has 226 valence electrons. The van der Waals surface area contributed by atoms with Crippen LogP contribution in [0.4, 0.5) is 11.4 Å². The molecule has 0 spiro atoms. The van der Waals surface area contributed by atoms with E-state index in [0.717, 1.165) is 18.4 Å². The maximum absolute atomic E-state index is 13.6. The van der Waals surface area contributed by atoms with Gasteiger partial charge in [-0.25, -0.2) is 13.4 Å². The number of nitrogens with one attached hydrogen (secondary N) is 1. The Morgan fingerprint density at radius 3 is 2.29 bits per heavy atom. The third-order valence-corrected chi connectivity index (χ3v) is 9.54. The molecule has 9 heteroatoms. The predicted molar refractivity (Wildman–Crippen MR) is 169 cm³/mol. The van der Waals surface area contributed by atoms with E-state index in [1.807, 2.05) is 13.0 Å². The number of anilines is 1. The molecule has 1 heterocycles. The molecule has 0 saturated carbocycles. The molecule has 3 rings (SSSR count). The summed E-state index contributed by atoms with van der Waals surface area (Å²) in [5.41, 5.74) is 1.78. The monoisotopic (exact) mass is 603 g/mol. The molecule has 0 radical (unpaired) electrons. The minimum atomic E-state index is -3.87. The lowest BCUT2D eigenvalue weighted by molar-refractivity contribution is -0.117. The largest absolute Gasteiger partial charge is 0.381 e. The molecule has 1 amide bonds. The molecule has 0 saturated heterocycles. The number of unbranched alkanes of at least 4 members (excludes halogenated alkanes) is 9. The number of ether oxygens (including phenoxy) is 1. The summed E-state index contributed by atoms with van der Waals surface area (Å²) < 4.78 is 34.3. The molecular formula is C32H46ClN3O4S. The quantitative estimate of drug-likeness (QED) is 0.174. The van der Waals surface area contributed by atoms with Crippen molar-refractivity contribution in [2.24, 2.45) is 10.9 Å². The van der Waals surface area contributed by atoms with Crippen molar-refractivity contribution >= 4 is 44.7 Å². The fourth-order valence-corrected chi connectivity index (χ4v) is 6.78. The highest BCUT2D eigenvalue weighted by Gasteiger charge is 2.38. The molecule has 1 N–H and O–H groups in total. The zero-order valence-electron chi connectivity index (χ0n) is 24.8. The Kier molecular flexibility index (Phi) is 13.6. The van der Waals surface area contributed by atoms with E-state index in [0.29, 0.717) is 36.0 Å². The topological polar surface area (TPSA) is 88.1 Å². The lowest BCUT2D eigenvalue weighted by Gasteiger charge is -2.32. The van der Waals surface area contributed by atoms with Crippen LogP contribution >= 0.6 is 11.6 Å². The molecule has 1 aliphatic heterocycles. The highest BCUT2D eigenvalue weighted by Crippen LogP contribution is 2.34.